The Morgan fingerprint density at radius 2 is 1.83 bits per heavy atom. The first-order valence-electron chi connectivity index (χ1n) is 6.63. The molecular formula is C15H23NO2. The smallest absolute Gasteiger partial charge is 0.122 e. The van der Waals surface area contributed by atoms with Gasteiger partial charge >= 0.3 is 0 Å². The molecule has 0 radical (unpaired) electrons. The highest BCUT2D eigenvalue weighted by Crippen LogP contribution is 2.43. The van der Waals surface area contributed by atoms with Gasteiger partial charge in [-0.25, -0.2) is 0 Å². The van der Waals surface area contributed by atoms with E-state index in [0.29, 0.717) is 0 Å². The fourth-order valence-electron chi connectivity index (χ4n) is 2.89. The van der Waals surface area contributed by atoms with Crippen LogP contribution in [0, 0.1) is 5.92 Å². The van der Waals surface area contributed by atoms with E-state index in [2.05, 4.69) is 6.92 Å². The number of benzene rings is 1. The van der Waals surface area contributed by atoms with E-state index in [1.54, 1.807) is 14.2 Å². The van der Waals surface area contributed by atoms with Gasteiger partial charge in [0.2, 0.25) is 0 Å². The first-order valence-corrected chi connectivity index (χ1v) is 6.63. The zero-order valence-electron chi connectivity index (χ0n) is 11.5. The molecular weight excluding hydrogens is 226 g/mol. The molecule has 3 heteroatoms. The molecule has 0 aromatic heterocycles. The molecule has 2 unspecified atom stereocenters. The molecule has 1 saturated carbocycles. The van der Waals surface area contributed by atoms with E-state index in [0.717, 1.165) is 35.8 Å². The summed E-state index contributed by atoms with van der Waals surface area (Å²) < 4.78 is 10.6. The number of hydrogen-bond acceptors (Lipinski definition) is 3. The Balaban J connectivity index is 2.32. The highest BCUT2D eigenvalue weighted by atomic mass is 16.5. The monoisotopic (exact) mass is 249 g/mol. The largest absolute Gasteiger partial charge is 0.497 e. The molecule has 2 atom stereocenters. The van der Waals surface area contributed by atoms with Gasteiger partial charge in [0.15, 0.2) is 0 Å². The van der Waals surface area contributed by atoms with Crippen molar-refractivity contribution in [3.8, 4) is 11.5 Å². The molecule has 3 nitrogen and oxygen atoms in total. The van der Waals surface area contributed by atoms with Crippen LogP contribution in [0.4, 0.5) is 0 Å². The average molecular weight is 249 g/mol. The van der Waals surface area contributed by atoms with Gasteiger partial charge in [0, 0.05) is 11.6 Å². The van der Waals surface area contributed by atoms with Crippen LogP contribution in [0.3, 0.4) is 0 Å². The Morgan fingerprint density at radius 1 is 1.22 bits per heavy atom. The van der Waals surface area contributed by atoms with Gasteiger partial charge in [0.1, 0.15) is 11.5 Å². The van der Waals surface area contributed by atoms with Crippen molar-refractivity contribution < 1.29 is 9.47 Å². The third kappa shape index (κ3) is 2.46. The SMILES string of the molecule is CCC1CCC(N)(c2cc(OC)cc(OC)c2)C1. The van der Waals surface area contributed by atoms with Crippen molar-refractivity contribution in [3.63, 3.8) is 0 Å². The summed E-state index contributed by atoms with van der Waals surface area (Å²) in [5.41, 5.74) is 7.50. The normalized spacial score (nSPS) is 27.2. The van der Waals surface area contributed by atoms with Gasteiger partial charge in [0.25, 0.3) is 0 Å². The quantitative estimate of drug-likeness (QED) is 0.892. The maximum atomic E-state index is 6.58. The zero-order valence-corrected chi connectivity index (χ0v) is 11.5. The summed E-state index contributed by atoms with van der Waals surface area (Å²) in [6.45, 7) is 2.24. The fourth-order valence-corrected chi connectivity index (χ4v) is 2.89. The molecule has 1 fully saturated rings. The van der Waals surface area contributed by atoms with Crippen molar-refractivity contribution in [2.24, 2.45) is 11.7 Å². The van der Waals surface area contributed by atoms with Crippen LogP contribution in [0.25, 0.3) is 0 Å². The minimum absolute atomic E-state index is 0.220. The van der Waals surface area contributed by atoms with Gasteiger partial charge in [-0.1, -0.05) is 13.3 Å². The second-order valence-corrected chi connectivity index (χ2v) is 5.27. The summed E-state index contributed by atoms with van der Waals surface area (Å²) in [7, 11) is 3.34. The van der Waals surface area contributed by atoms with Crippen molar-refractivity contribution in [3.05, 3.63) is 23.8 Å². The Morgan fingerprint density at radius 3 is 2.28 bits per heavy atom. The van der Waals surface area contributed by atoms with Gasteiger partial charge in [-0.05, 0) is 42.9 Å². The lowest BCUT2D eigenvalue weighted by molar-refractivity contribution is 0.382. The van der Waals surface area contributed by atoms with Crippen molar-refractivity contribution in [1.29, 1.82) is 0 Å². The van der Waals surface area contributed by atoms with E-state index in [1.165, 1.54) is 12.8 Å². The van der Waals surface area contributed by atoms with Crippen LogP contribution in [0.1, 0.15) is 38.2 Å². The summed E-state index contributed by atoms with van der Waals surface area (Å²) in [5, 5.41) is 0. The molecule has 0 bridgehead atoms. The Kier molecular flexibility index (Phi) is 3.81. The molecule has 0 heterocycles. The Labute approximate surface area is 109 Å². The van der Waals surface area contributed by atoms with Crippen molar-refractivity contribution in [2.45, 2.75) is 38.1 Å². The molecule has 0 aliphatic heterocycles. The number of ether oxygens (including phenoxy) is 2. The first-order chi connectivity index (χ1) is 8.61. The third-order valence-corrected chi connectivity index (χ3v) is 4.16. The zero-order chi connectivity index (χ0) is 13.2. The molecule has 1 aromatic carbocycles. The average Bonchev–Trinajstić information content (AvgIpc) is 2.81. The predicted molar refractivity (Wildman–Crippen MR) is 73.0 cm³/mol. The molecule has 18 heavy (non-hydrogen) atoms. The Bertz CT molecular complexity index is 397. The fraction of sp³-hybridized carbons (Fsp3) is 0.600. The number of methoxy groups -OCH3 is 2. The summed E-state index contributed by atoms with van der Waals surface area (Å²) in [4.78, 5) is 0. The molecule has 2 N–H and O–H groups in total. The number of rotatable bonds is 4. The second-order valence-electron chi connectivity index (χ2n) is 5.27. The Hall–Kier alpha value is -1.22. The highest BCUT2D eigenvalue weighted by molar-refractivity contribution is 5.42. The molecule has 1 aromatic rings. The third-order valence-electron chi connectivity index (χ3n) is 4.16. The topological polar surface area (TPSA) is 44.5 Å². The summed E-state index contributed by atoms with van der Waals surface area (Å²) in [6.07, 6.45) is 4.52. The summed E-state index contributed by atoms with van der Waals surface area (Å²) in [6, 6.07) is 5.97. The number of nitrogens with two attached hydrogens (primary N) is 1. The first kappa shape index (κ1) is 13.2. The lowest BCUT2D eigenvalue weighted by Gasteiger charge is -2.26. The summed E-state index contributed by atoms with van der Waals surface area (Å²) in [5.74, 6) is 2.37. The molecule has 2 rings (SSSR count). The van der Waals surface area contributed by atoms with Gasteiger partial charge in [-0.15, -0.1) is 0 Å². The van der Waals surface area contributed by atoms with Crippen molar-refractivity contribution >= 4 is 0 Å². The van der Waals surface area contributed by atoms with E-state index < -0.39 is 0 Å². The second kappa shape index (κ2) is 5.19. The van der Waals surface area contributed by atoms with Gasteiger partial charge in [-0.2, -0.15) is 0 Å². The van der Waals surface area contributed by atoms with Crippen LogP contribution >= 0.6 is 0 Å². The van der Waals surface area contributed by atoms with Crippen LogP contribution in [0.2, 0.25) is 0 Å². The highest BCUT2D eigenvalue weighted by Gasteiger charge is 2.36. The van der Waals surface area contributed by atoms with Gasteiger partial charge < -0.3 is 15.2 Å². The maximum Gasteiger partial charge on any atom is 0.122 e. The molecule has 0 saturated heterocycles. The van der Waals surface area contributed by atoms with Crippen molar-refractivity contribution in [1.82, 2.24) is 0 Å². The van der Waals surface area contributed by atoms with E-state index in [9.17, 15) is 0 Å². The van der Waals surface area contributed by atoms with Crippen molar-refractivity contribution in [2.75, 3.05) is 14.2 Å². The van der Waals surface area contributed by atoms with E-state index >= 15 is 0 Å². The van der Waals surface area contributed by atoms with Crippen LogP contribution in [-0.2, 0) is 5.54 Å². The summed E-state index contributed by atoms with van der Waals surface area (Å²) >= 11 is 0. The molecule has 0 spiro atoms. The van der Waals surface area contributed by atoms with Crippen LogP contribution in [0.15, 0.2) is 18.2 Å². The minimum atomic E-state index is -0.220. The number of hydrogen-bond donors (Lipinski definition) is 1. The lowest BCUT2D eigenvalue weighted by Crippen LogP contribution is -2.33. The molecule has 1 aliphatic rings. The maximum absolute atomic E-state index is 6.58. The van der Waals surface area contributed by atoms with Crippen LogP contribution in [0.5, 0.6) is 11.5 Å². The van der Waals surface area contributed by atoms with Crippen LogP contribution in [-0.4, -0.2) is 14.2 Å². The molecule has 0 amide bonds. The predicted octanol–water partition coefficient (Wildman–Crippen LogP) is 3.07. The van der Waals surface area contributed by atoms with Gasteiger partial charge in [-0.3, -0.25) is 0 Å². The van der Waals surface area contributed by atoms with E-state index in [-0.39, 0.29) is 5.54 Å². The molecule has 1 aliphatic carbocycles. The van der Waals surface area contributed by atoms with Gasteiger partial charge in [0.05, 0.1) is 14.2 Å². The minimum Gasteiger partial charge on any atom is -0.497 e. The molecule has 100 valence electrons. The van der Waals surface area contributed by atoms with E-state index in [1.807, 2.05) is 18.2 Å². The standard InChI is InChI=1S/C15H23NO2/c1-4-11-5-6-15(16,10-11)12-7-13(17-2)9-14(8-12)18-3/h7-9,11H,4-6,10,16H2,1-3H3. The van der Waals surface area contributed by atoms with Crippen LogP contribution < -0.4 is 15.2 Å². The van der Waals surface area contributed by atoms with E-state index in [4.69, 9.17) is 15.2 Å². The lowest BCUT2D eigenvalue weighted by atomic mass is 9.87.